The van der Waals surface area contributed by atoms with Gasteiger partial charge in [-0.25, -0.2) is 9.97 Å². The van der Waals surface area contributed by atoms with Crippen LogP contribution in [-0.4, -0.2) is 43.8 Å². The van der Waals surface area contributed by atoms with Gasteiger partial charge in [-0.1, -0.05) is 6.07 Å². The second-order valence-corrected chi connectivity index (χ2v) is 7.25. The minimum Gasteiger partial charge on any atom is -0.493 e. The van der Waals surface area contributed by atoms with Crippen molar-refractivity contribution in [3.63, 3.8) is 0 Å². The van der Waals surface area contributed by atoms with Gasteiger partial charge >= 0.3 is 0 Å². The van der Waals surface area contributed by atoms with Crippen LogP contribution in [0.15, 0.2) is 18.2 Å². The molecule has 1 saturated carbocycles. The maximum absolute atomic E-state index is 5.41. The second-order valence-electron chi connectivity index (χ2n) is 7.25. The van der Waals surface area contributed by atoms with Crippen molar-refractivity contribution in [3.8, 4) is 11.5 Å². The van der Waals surface area contributed by atoms with Gasteiger partial charge in [-0.15, -0.1) is 0 Å². The molecule has 0 saturated heterocycles. The summed E-state index contributed by atoms with van der Waals surface area (Å²) in [7, 11) is 3.33. The average Bonchev–Trinajstić information content (AvgIpc) is 3.54. The van der Waals surface area contributed by atoms with Crippen molar-refractivity contribution in [2.24, 2.45) is 0 Å². The highest BCUT2D eigenvalue weighted by molar-refractivity contribution is 5.49. The summed E-state index contributed by atoms with van der Waals surface area (Å²) in [6.07, 6.45) is 5.32. The smallest absolute Gasteiger partial charge is 0.160 e. The predicted molar refractivity (Wildman–Crippen MR) is 106 cm³/mol. The minimum atomic E-state index is 0.568. The fourth-order valence-electron chi connectivity index (χ4n) is 3.60. The lowest BCUT2D eigenvalue weighted by molar-refractivity contribution is 0.354. The van der Waals surface area contributed by atoms with Gasteiger partial charge in [0.25, 0.3) is 0 Å². The molecule has 0 radical (unpaired) electrons. The van der Waals surface area contributed by atoms with E-state index in [2.05, 4.69) is 16.7 Å². The third kappa shape index (κ3) is 4.16. The van der Waals surface area contributed by atoms with Gasteiger partial charge in [-0.2, -0.15) is 0 Å². The molecule has 0 atom stereocenters. The van der Waals surface area contributed by atoms with Crippen molar-refractivity contribution in [1.82, 2.24) is 15.3 Å². The van der Waals surface area contributed by atoms with Crippen LogP contribution in [0.3, 0.4) is 0 Å². The number of hydrogen-bond donors (Lipinski definition) is 2. The van der Waals surface area contributed by atoms with E-state index in [9.17, 15) is 0 Å². The highest BCUT2D eigenvalue weighted by atomic mass is 16.5. The van der Waals surface area contributed by atoms with Gasteiger partial charge in [0.15, 0.2) is 11.5 Å². The van der Waals surface area contributed by atoms with Crippen LogP contribution in [0.25, 0.3) is 0 Å². The van der Waals surface area contributed by atoms with E-state index in [1.165, 1.54) is 29.7 Å². The maximum atomic E-state index is 5.41. The van der Waals surface area contributed by atoms with E-state index < -0.39 is 0 Å². The Morgan fingerprint density at radius 2 is 1.89 bits per heavy atom. The topological polar surface area (TPSA) is 68.3 Å². The Bertz CT molecular complexity index is 805. The van der Waals surface area contributed by atoms with Crippen LogP contribution in [0.4, 0.5) is 5.82 Å². The molecule has 27 heavy (non-hydrogen) atoms. The number of ether oxygens (including phenoxy) is 2. The van der Waals surface area contributed by atoms with Crippen LogP contribution in [0.5, 0.6) is 11.5 Å². The van der Waals surface area contributed by atoms with Crippen molar-refractivity contribution >= 4 is 5.82 Å². The summed E-state index contributed by atoms with van der Waals surface area (Å²) in [6, 6.07) is 6.09. The van der Waals surface area contributed by atoms with E-state index >= 15 is 0 Å². The first-order valence-corrected chi connectivity index (χ1v) is 9.83. The standard InChI is InChI=1S/C21H28N4O2/c1-26-18-6-3-14(13-19(18)27-2)7-12-23-21-16-8-10-22-11-9-17(16)24-20(25-21)15-4-5-15/h3,6,13,15,22H,4-5,7-12H2,1-2H3,(H,23,24,25). The van der Waals surface area contributed by atoms with Crippen LogP contribution in [0, 0.1) is 0 Å². The van der Waals surface area contributed by atoms with Crippen molar-refractivity contribution in [3.05, 3.63) is 40.8 Å². The SMILES string of the molecule is COc1ccc(CCNc2nc(C3CC3)nc3c2CCNCC3)cc1OC. The fraction of sp³-hybridized carbons (Fsp3) is 0.524. The molecule has 6 nitrogen and oxygen atoms in total. The first-order chi connectivity index (χ1) is 13.3. The number of aromatic nitrogens is 2. The zero-order chi connectivity index (χ0) is 18.6. The van der Waals surface area contributed by atoms with Gasteiger partial charge in [0.1, 0.15) is 11.6 Å². The monoisotopic (exact) mass is 368 g/mol. The van der Waals surface area contributed by atoms with Crippen molar-refractivity contribution in [2.75, 3.05) is 39.2 Å². The normalized spacial score (nSPS) is 16.4. The van der Waals surface area contributed by atoms with Gasteiger partial charge in [0.05, 0.1) is 19.9 Å². The molecule has 2 N–H and O–H groups in total. The molecule has 2 heterocycles. The Balaban J connectivity index is 1.48. The Hall–Kier alpha value is -2.34. The van der Waals surface area contributed by atoms with E-state index in [0.29, 0.717) is 5.92 Å². The Morgan fingerprint density at radius 1 is 1.07 bits per heavy atom. The van der Waals surface area contributed by atoms with Crippen molar-refractivity contribution < 1.29 is 9.47 Å². The van der Waals surface area contributed by atoms with Crippen LogP contribution < -0.4 is 20.1 Å². The summed E-state index contributed by atoms with van der Waals surface area (Å²) < 4.78 is 10.7. The van der Waals surface area contributed by atoms with Gasteiger partial charge in [0, 0.05) is 31.0 Å². The van der Waals surface area contributed by atoms with Gasteiger partial charge in [-0.05, 0) is 49.9 Å². The molecular weight excluding hydrogens is 340 g/mol. The molecule has 2 aromatic rings. The number of nitrogens with one attached hydrogen (secondary N) is 2. The maximum Gasteiger partial charge on any atom is 0.160 e. The Kier molecular flexibility index (Phi) is 5.43. The molecule has 1 aromatic carbocycles. The largest absolute Gasteiger partial charge is 0.493 e. The lowest BCUT2D eigenvalue weighted by Gasteiger charge is -2.15. The molecule has 4 rings (SSSR count). The summed E-state index contributed by atoms with van der Waals surface area (Å²) in [5.74, 6) is 4.16. The van der Waals surface area contributed by atoms with Crippen LogP contribution >= 0.6 is 0 Å². The highest BCUT2D eigenvalue weighted by Gasteiger charge is 2.28. The van der Waals surface area contributed by atoms with Crippen molar-refractivity contribution in [1.29, 1.82) is 0 Å². The third-order valence-electron chi connectivity index (χ3n) is 5.30. The molecule has 144 valence electrons. The predicted octanol–water partition coefficient (Wildman–Crippen LogP) is 2.71. The zero-order valence-corrected chi connectivity index (χ0v) is 16.2. The number of benzene rings is 1. The molecule has 0 spiro atoms. The van der Waals surface area contributed by atoms with Gasteiger partial charge in [0.2, 0.25) is 0 Å². The number of fused-ring (bicyclic) bond motifs is 1. The first-order valence-electron chi connectivity index (χ1n) is 9.83. The highest BCUT2D eigenvalue weighted by Crippen LogP contribution is 2.39. The van der Waals surface area contributed by atoms with Gasteiger partial charge in [-0.3, -0.25) is 0 Å². The quantitative estimate of drug-likeness (QED) is 0.783. The zero-order valence-electron chi connectivity index (χ0n) is 16.2. The molecule has 0 bridgehead atoms. The molecule has 1 aliphatic heterocycles. The number of methoxy groups -OCH3 is 2. The summed E-state index contributed by atoms with van der Waals surface area (Å²) >= 11 is 0. The molecule has 1 aromatic heterocycles. The van der Waals surface area contributed by atoms with Crippen LogP contribution in [0.1, 0.15) is 41.4 Å². The van der Waals surface area contributed by atoms with Crippen LogP contribution in [-0.2, 0) is 19.3 Å². The molecule has 0 amide bonds. The number of nitrogens with zero attached hydrogens (tertiary/aromatic N) is 2. The van der Waals surface area contributed by atoms with E-state index in [0.717, 1.165) is 62.0 Å². The molecule has 1 aliphatic carbocycles. The molecule has 6 heteroatoms. The van der Waals surface area contributed by atoms with E-state index in [-0.39, 0.29) is 0 Å². The Morgan fingerprint density at radius 3 is 2.67 bits per heavy atom. The first kappa shape index (κ1) is 18.0. The number of anilines is 1. The van der Waals surface area contributed by atoms with E-state index in [1.807, 2.05) is 12.1 Å². The summed E-state index contributed by atoms with van der Waals surface area (Å²) in [5, 5.41) is 7.06. The lowest BCUT2D eigenvalue weighted by atomic mass is 10.1. The summed E-state index contributed by atoms with van der Waals surface area (Å²) in [4.78, 5) is 9.77. The number of rotatable bonds is 7. The summed E-state index contributed by atoms with van der Waals surface area (Å²) in [6.45, 7) is 2.82. The average molecular weight is 368 g/mol. The second kappa shape index (κ2) is 8.13. The molecule has 0 unspecified atom stereocenters. The van der Waals surface area contributed by atoms with E-state index in [4.69, 9.17) is 19.4 Å². The van der Waals surface area contributed by atoms with E-state index in [1.54, 1.807) is 14.2 Å². The van der Waals surface area contributed by atoms with Gasteiger partial charge < -0.3 is 20.1 Å². The van der Waals surface area contributed by atoms with Crippen molar-refractivity contribution in [2.45, 2.75) is 38.0 Å². The molecular formula is C21H28N4O2. The number of hydrogen-bond acceptors (Lipinski definition) is 6. The minimum absolute atomic E-state index is 0.568. The molecule has 2 aliphatic rings. The third-order valence-corrected chi connectivity index (χ3v) is 5.30. The fourth-order valence-corrected chi connectivity index (χ4v) is 3.60. The Labute approximate surface area is 160 Å². The van der Waals surface area contributed by atoms with Crippen LogP contribution in [0.2, 0.25) is 0 Å². The lowest BCUT2D eigenvalue weighted by Crippen LogP contribution is -2.16. The molecule has 1 fully saturated rings. The summed E-state index contributed by atoms with van der Waals surface area (Å²) in [5.41, 5.74) is 3.73.